The lowest BCUT2D eigenvalue weighted by Gasteiger charge is -2.11. The number of aromatic amines is 1. The number of hydrogen-bond acceptors (Lipinski definition) is 4. The first-order chi connectivity index (χ1) is 11.7. The Hall–Kier alpha value is -3.39. The zero-order chi connectivity index (χ0) is 16.9. The summed E-state index contributed by atoms with van der Waals surface area (Å²) in [6.45, 7) is 0. The predicted molar refractivity (Wildman–Crippen MR) is 96.2 cm³/mol. The third-order valence-corrected chi connectivity index (χ3v) is 3.73. The molecule has 0 radical (unpaired) electrons. The molecule has 1 N–H and O–H groups in total. The predicted octanol–water partition coefficient (Wildman–Crippen LogP) is 3.58. The van der Waals surface area contributed by atoms with Crippen molar-refractivity contribution in [2.24, 2.45) is 0 Å². The molecule has 0 amide bonds. The fraction of sp³-hybridized carbons (Fsp3) is 0.105. The van der Waals surface area contributed by atoms with E-state index in [9.17, 15) is 0 Å². The van der Waals surface area contributed by atoms with Crippen LogP contribution in [0.3, 0.4) is 0 Å². The molecular formula is C19H17N5. The van der Waals surface area contributed by atoms with Crippen molar-refractivity contribution in [3.8, 4) is 17.3 Å². The first-order valence-corrected chi connectivity index (χ1v) is 7.54. The average Bonchev–Trinajstić information content (AvgIpc) is 3.09. The van der Waals surface area contributed by atoms with E-state index in [0.29, 0.717) is 11.4 Å². The maximum atomic E-state index is 9.00. The minimum absolute atomic E-state index is 0.305. The van der Waals surface area contributed by atoms with Crippen LogP contribution in [0.2, 0.25) is 0 Å². The smallest absolute Gasteiger partial charge is 0.190 e. The third-order valence-electron chi connectivity index (χ3n) is 3.73. The van der Waals surface area contributed by atoms with E-state index in [2.05, 4.69) is 56.7 Å². The monoisotopic (exact) mass is 315 g/mol. The SMILES string of the molecule is CN(C)c1ccc(/C=C/c2ccc(-c3[nH]nnc3C#N)cc2)cc1. The van der Waals surface area contributed by atoms with Crippen molar-refractivity contribution in [2.75, 3.05) is 19.0 Å². The Kier molecular flexibility index (Phi) is 4.39. The summed E-state index contributed by atoms with van der Waals surface area (Å²) < 4.78 is 0. The van der Waals surface area contributed by atoms with Crippen LogP contribution in [-0.4, -0.2) is 29.5 Å². The Bertz CT molecular complexity index is 881. The van der Waals surface area contributed by atoms with Gasteiger partial charge in [-0.25, -0.2) is 0 Å². The topological polar surface area (TPSA) is 68.6 Å². The van der Waals surface area contributed by atoms with Gasteiger partial charge in [-0.15, -0.1) is 5.10 Å². The highest BCUT2D eigenvalue weighted by Gasteiger charge is 2.07. The summed E-state index contributed by atoms with van der Waals surface area (Å²) in [6, 6.07) is 18.3. The van der Waals surface area contributed by atoms with Crippen LogP contribution in [0.4, 0.5) is 5.69 Å². The largest absolute Gasteiger partial charge is 0.378 e. The van der Waals surface area contributed by atoms with Gasteiger partial charge in [-0.1, -0.05) is 53.8 Å². The molecule has 0 fully saturated rings. The number of nitriles is 1. The lowest BCUT2D eigenvalue weighted by molar-refractivity contribution is 0.937. The van der Waals surface area contributed by atoms with Crippen molar-refractivity contribution >= 4 is 17.8 Å². The van der Waals surface area contributed by atoms with Gasteiger partial charge < -0.3 is 4.90 Å². The van der Waals surface area contributed by atoms with Crippen LogP contribution < -0.4 is 4.90 Å². The molecule has 5 nitrogen and oxygen atoms in total. The van der Waals surface area contributed by atoms with Gasteiger partial charge in [0.15, 0.2) is 5.69 Å². The Balaban J connectivity index is 1.75. The number of aromatic nitrogens is 3. The van der Waals surface area contributed by atoms with E-state index < -0.39 is 0 Å². The van der Waals surface area contributed by atoms with Gasteiger partial charge >= 0.3 is 0 Å². The summed E-state index contributed by atoms with van der Waals surface area (Å²) in [5.41, 5.74) is 5.25. The minimum atomic E-state index is 0.305. The summed E-state index contributed by atoms with van der Waals surface area (Å²) >= 11 is 0. The van der Waals surface area contributed by atoms with Crippen molar-refractivity contribution in [1.29, 1.82) is 5.26 Å². The second kappa shape index (κ2) is 6.80. The maximum absolute atomic E-state index is 9.00. The summed E-state index contributed by atoms with van der Waals surface area (Å²) in [4.78, 5) is 2.08. The third kappa shape index (κ3) is 3.33. The molecule has 3 aromatic rings. The standard InChI is InChI=1S/C19H17N5/c1-24(2)17-11-7-15(8-12-17)4-3-14-5-9-16(10-6-14)19-18(13-20)21-23-22-19/h3-12H,1-2H3,(H,21,22,23)/b4-3+. The number of hydrogen-bond donors (Lipinski definition) is 1. The second-order valence-corrected chi connectivity index (χ2v) is 5.59. The van der Waals surface area contributed by atoms with Crippen molar-refractivity contribution in [1.82, 2.24) is 15.4 Å². The van der Waals surface area contributed by atoms with Crippen LogP contribution >= 0.6 is 0 Å². The zero-order valence-electron chi connectivity index (χ0n) is 13.6. The lowest BCUT2D eigenvalue weighted by atomic mass is 10.1. The molecular weight excluding hydrogens is 298 g/mol. The number of anilines is 1. The Morgan fingerprint density at radius 1 is 0.958 bits per heavy atom. The quantitative estimate of drug-likeness (QED) is 0.747. The van der Waals surface area contributed by atoms with E-state index in [1.807, 2.05) is 44.4 Å². The highest BCUT2D eigenvalue weighted by atomic mass is 15.3. The molecule has 0 atom stereocenters. The molecule has 0 unspecified atom stereocenters. The van der Waals surface area contributed by atoms with E-state index in [4.69, 9.17) is 5.26 Å². The zero-order valence-corrected chi connectivity index (χ0v) is 13.6. The molecule has 5 heteroatoms. The number of rotatable bonds is 4. The number of benzene rings is 2. The Labute approximate surface area is 140 Å². The molecule has 0 bridgehead atoms. The van der Waals surface area contributed by atoms with E-state index in [-0.39, 0.29) is 0 Å². The van der Waals surface area contributed by atoms with E-state index in [0.717, 1.165) is 16.7 Å². The van der Waals surface area contributed by atoms with E-state index in [1.165, 1.54) is 5.69 Å². The summed E-state index contributed by atoms with van der Waals surface area (Å²) in [7, 11) is 4.05. The minimum Gasteiger partial charge on any atom is -0.378 e. The van der Waals surface area contributed by atoms with Crippen LogP contribution in [-0.2, 0) is 0 Å². The van der Waals surface area contributed by atoms with Crippen molar-refractivity contribution in [2.45, 2.75) is 0 Å². The van der Waals surface area contributed by atoms with Crippen molar-refractivity contribution in [3.05, 3.63) is 65.4 Å². The molecule has 24 heavy (non-hydrogen) atoms. The second-order valence-electron chi connectivity index (χ2n) is 5.59. The molecule has 3 rings (SSSR count). The van der Waals surface area contributed by atoms with E-state index >= 15 is 0 Å². The van der Waals surface area contributed by atoms with Gasteiger partial charge in [0.25, 0.3) is 0 Å². The van der Waals surface area contributed by atoms with Crippen LogP contribution in [0, 0.1) is 11.3 Å². The summed E-state index contributed by atoms with van der Waals surface area (Å²) in [5.74, 6) is 0. The molecule has 118 valence electrons. The van der Waals surface area contributed by atoms with Gasteiger partial charge in [0.1, 0.15) is 11.8 Å². The highest BCUT2D eigenvalue weighted by molar-refractivity contribution is 5.72. The summed E-state index contributed by atoms with van der Waals surface area (Å²) in [5, 5.41) is 19.2. The molecule has 0 spiro atoms. The molecule has 0 saturated heterocycles. The van der Waals surface area contributed by atoms with Gasteiger partial charge in [0.05, 0.1) is 0 Å². The van der Waals surface area contributed by atoms with Gasteiger partial charge in [-0.3, -0.25) is 5.10 Å². The van der Waals surface area contributed by atoms with Crippen LogP contribution in [0.5, 0.6) is 0 Å². The Morgan fingerprint density at radius 2 is 1.54 bits per heavy atom. The molecule has 1 aromatic heterocycles. The Morgan fingerprint density at radius 3 is 2.08 bits per heavy atom. The molecule has 0 aliphatic heterocycles. The highest BCUT2D eigenvalue weighted by Crippen LogP contribution is 2.20. The van der Waals surface area contributed by atoms with Crippen LogP contribution in [0.25, 0.3) is 23.4 Å². The number of H-pyrrole nitrogens is 1. The number of nitrogens with zero attached hydrogens (tertiary/aromatic N) is 4. The van der Waals surface area contributed by atoms with Crippen molar-refractivity contribution < 1.29 is 0 Å². The van der Waals surface area contributed by atoms with Crippen LogP contribution in [0.15, 0.2) is 48.5 Å². The number of nitrogens with one attached hydrogen (secondary N) is 1. The van der Waals surface area contributed by atoms with E-state index in [1.54, 1.807) is 0 Å². The molecule has 1 heterocycles. The van der Waals surface area contributed by atoms with Gasteiger partial charge in [-0.2, -0.15) is 5.26 Å². The molecule has 2 aromatic carbocycles. The average molecular weight is 315 g/mol. The van der Waals surface area contributed by atoms with Gasteiger partial charge in [0, 0.05) is 25.3 Å². The lowest BCUT2D eigenvalue weighted by Crippen LogP contribution is -2.07. The van der Waals surface area contributed by atoms with Crippen LogP contribution in [0.1, 0.15) is 16.8 Å². The fourth-order valence-corrected chi connectivity index (χ4v) is 2.34. The molecule has 0 aliphatic rings. The van der Waals surface area contributed by atoms with Gasteiger partial charge in [-0.05, 0) is 23.3 Å². The maximum Gasteiger partial charge on any atom is 0.190 e. The first kappa shape index (κ1) is 15.5. The van der Waals surface area contributed by atoms with Crippen molar-refractivity contribution in [3.63, 3.8) is 0 Å². The molecule has 0 saturated carbocycles. The molecule has 0 aliphatic carbocycles. The normalized spacial score (nSPS) is 10.7. The summed E-state index contributed by atoms with van der Waals surface area (Å²) in [6.07, 6.45) is 4.14. The van der Waals surface area contributed by atoms with Gasteiger partial charge in [0.2, 0.25) is 0 Å². The fourth-order valence-electron chi connectivity index (χ4n) is 2.34. The first-order valence-electron chi connectivity index (χ1n) is 7.54.